The van der Waals surface area contributed by atoms with Crippen molar-refractivity contribution in [2.45, 2.75) is 4.90 Å². The van der Waals surface area contributed by atoms with Gasteiger partial charge in [-0.2, -0.15) is 13.5 Å². The molecule has 2 aromatic rings. The molecule has 23 heavy (non-hydrogen) atoms. The zero-order valence-electron chi connectivity index (χ0n) is 11.0. The Balaban J connectivity index is 2.25. The third-order valence-electron chi connectivity index (χ3n) is 2.60. The molecule has 0 spiro atoms. The first-order valence-electron chi connectivity index (χ1n) is 5.85. The van der Waals surface area contributed by atoms with Crippen molar-refractivity contribution in [2.24, 2.45) is 5.10 Å². The average Bonchev–Trinajstić information content (AvgIpc) is 2.45. The Morgan fingerprint density at radius 2 is 1.52 bits per heavy atom. The number of hydrogen-bond donors (Lipinski definition) is 1. The van der Waals surface area contributed by atoms with Gasteiger partial charge in [-0.3, -0.25) is 0 Å². The minimum atomic E-state index is -4.01. The number of nitrogens with one attached hydrogen (secondary N) is 1. The first-order chi connectivity index (χ1) is 10.7. The maximum atomic E-state index is 12.2. The summed E-state index contributed by atoms with van der Waals surface area (Å²) < 4.78 is 24.4. The molecule has 2 aromatic carbocycles. The van der Waals surface area contributed by atoms with Gasteiger partial charge in [0, 0.05) is 10.6 Å². The standard InChI is InChI=1S/C13H7Cl5N2O2S/c14-8-2-1-7(9(15)3-8)6-19-20-23(21,22)13-5-11(17)10(16)4-12(13)18/h1-6,20H/b19-6-. The van der Waals surface area contributed by atoms with Gasteiger partial charge in [0.15, 0.2) is 0 Å². The van der Waals surface area contributed by atoms with E-state index in [0.717, 1.165) is 6.07 Å². The zero-order chi connectivity index (χ0) is 17.2. The summed E-state index contributed by atoms with van der Waals surface area (Å²) in [6.07, 6.45) is 1.24. The zero-order valence-corrected chi connectivity index (χ0v) is 15.6. The molecule has 0 amide bonds. The highest BCUT2D eigenvalue weighted by atomic mass is 35.5. The van der Waals surface area contributed by atoms with Gasteiger partial charge >= 0.3 is 0 Å². The lowest BCUT2D eigenvalue weighted by atomic mass is 10.2. The lowest BCUT2D eigenvalue weighted by Crippen LogP contribution is -2.18. The minimum absolute atomic E-state index is 0.0566. The van der Waals surface area contributed by atoms with Gasteiger partial charge < -0.3 is 0 Å². The van der Waals surface area contributed by atoms with Crippen LogP contribution in [-0.4, -0.2) is 14.6 Å². The SMILES string of the molecule is O=S(=O)(N/N=C\c1ccc(Cl)cc1Cl)c1cc(Cl)c(Cl)cc1Cl. The van der Waals surface area contributed by atoms with Crippen LogP contribution in [-0.2, 0) is 10.0 Å². The smallest absolute Gasteiger partial charge is 0.200 e. The van der Waals surface area contributed by atoms with Crippen LogP contribution >= 0.6 is 58.0 Å². The molecule has 0 radical (unpaired) electrons. The highest BCUT2D eigenvalue weighted by Crippen LogP contribution is 2.31. The van der Waals surface area contributed by atoms with Crippen LogP contribution in [0.1, 0.15) is 5.56 Å². The van der Waals surface area contributed by atoms with Crippen molar-refractivity contribution in [3.63, 3.8) is 0 Å². The predicted octanol–water partition coefficient (Wildman–Crippen LogP) is 5.27. The van der Waals surface area contributed by atoms with Crippen LogP contribution in [0.4, 0.5) is 0 Å². The van der Waals surface area contributed by atoms with Crippen LogP contribution in [0, 0.1) is 0 Å². The number of sulfonamides is 1. The molecule has 0 unspecified atom stereocenters. The first kappa shape index (κ1) is 18.6. The van der Waals surface area contributed by atoms with E-state index in [-0.39, 0.29) is 20.0 Å². The Labute approximate surface area is 158 Å². The molecule has 2 rings (SSSR count). The van der Waals surface area contributed by atoms with Gasteiger partial charge in [0.05, 0.1) is 26.3 Å². The Kier molecular flexibility index (Phi) is 6.05. The van der Waals surface area contributed by atoms with Gasteiger partial charge in [-0.25, -0.2) is 4.83 Å². The molecule has 0 aromatic heterocycles. The molecule has 10 heteroatoms. The van der Waals surface area contributed by atoms with Gasteiger partial charge in [-0.15, -0.1) is 0 Å². The van der Waals surface area contributed by atoms with E-state index in [4.69, 9.17) is 58.0 Å². The number of nitrogens with zero attached hydrogens (tertiary/aromatic N) is 1. The fourth-order valence-corrected chi connectivity index (χ4v) is 3.78. The number of hydrogen-bond acceptors (Lipinski definition) is 3. The number of halogens is 5. The van der Waals surface area contributed by atoms with E-state index in [1.165, 1.54) is 18.3 Å². The summed E-state index contributed by atoms with van der Waals surface area (Å²) in [5.41, 5.74) is 0.485. The highest BCUT2D eigenvalue weighted by molar-refractivity contribution is 7.89. The Bertz CT molecular complexity index is 884. The van der Waals surface area contributed by atoms with E-state index in [0.29, 0.717) is 15.6 Å². The summed E-state index contributed by atoms with van der Waals surface area (Å²) in [5, 5.41) is 4.55. The van der Waals surface area contributed by atoms with Crippen molar-refractivity contribution in [3.05, 3.63) is 61.0 Å². The molecule has 0 bridgehead atoms. The molecular weight excluding hydrogens is 425 g/mol. The minimum Gasteiger partial charge on any atom is -0.200 e. The van der Waals surface area contributed by atoms with Crippen molar-refractivity contribution in [1.29, 1.82) is 0 Å². The number of benzene rings is 2. The average molecular weight is 433 g/mol. The summed E-state index contributed by atoms with van der Waals surface area (Å²) in [6.45, 7) is 0. The van der Waals surface area contributed by atoms with Crippen molar-refractivity contribution in [3.8, 4) is 0 Å². The predicted molar refractivity (Wildman–Crippen MR) is 95.8 cm³/mol. The van der Waals surface area contributed by atoms with E-state index in [1.807, 2.05) is 4.83 Å². The van der Waals surface area contributed by atoms with E-state index in [9.17, 15) is 8.42 Å². The van der Waals surface area contributed by atoms with Crippen LogP contribution in [0.2, 0.25) is 25.1 Å². The molecule has 4 nitrogen and oxygen atoms in total. The van der Waals surface area contributed by atoms with Crippen molar-refractivity contribution in [2.75, 3.05) is 0 Å². The second-order valence-electron chi connectivity index (χ2n) is 4.22. The molecule has 122 valence electrons. The quantitative estimate of drug-likeness (QED) is 0.407. The third-order valence-corrected chi connectivity index (χ3v) is 5.58. The highest BCUT2D eigenvalue weighted by Gasteiger charge is 2.19. The summed E-state index contributed by atoms with van der Waals surface area (Å²) in [4.78, 5) is 1.77. The fraction of sp³-hybridized carbons (Fsp3) is 0. The monoisotopic (exact) mass is 430 g/mol. The Morgan fingerprint density at radius 1 is 0.870 bits per heavy atom. The Hall–Kier alpha value is -0.690. The molecule has 0 aliphatic rings. The number of rotatable bonds is 4. The van der Waals surface area contributed by atoms with Crippen molar-refractivity contribution >= 4 is 74.2 Å². The van der Waals surface area contributed by atoms with E-state index >= 15 is 0 Å². The molecule has 0 aliphatic heterocycles. The van der Waals surface area contributed by atoms with E-state index in [1.54, 1.807) is 12.1 Å². The molecule has 0 atom stereocenters. The summed E-state index contributed by atoms with van der Waals surface area (Å²) >= 11 is 29.2. The molecule has 1 N–H and O–H groups in total. The van der Waals surface area contributed by atoms with Gasteiger partial charge in [0.2, 0.25) is 0 Å². The molecule has 0 fully saturated rings. The van der Waals surface area contributed by atoms with Crippen LogP contribution < -0.4 is 4.83 Å². The fourth-order valence-electron chi connectivity index (χ4n) is 1.53. The van der Waals surface area contributed by atoms with Gasteiger partial charge in [0.25, 0.3) is 10.0 Å². The van der Waals surface area contributed by atoms with Gasteiger partial charge in [-0.1, -0.05) is 64.1 Å². The second-order valence-corrected chi connectivity index (χ2v) is 7.91. The molecular formula is C13H7Cl5N2O2S. The van der Waals surface area contributed by atoms with Crippen molar-refractivity contribution in [1.82, 2.24) is 4.83 Å². The maximum absolute atomic E-state index is 12.2. The van der Waals surface area contributed by atoms with Crippen molar-refractivity contribution < 1.29 is 8.42 Å². The molecule has 0 heterocycles. The largest absolute Gasteiger partial charge is 0.278 e. The van der Waals surface area contributed by atoms with Gasteiger partial charge in [0.1, 0.15) is 4.90 Å². The summed E-state index contributed by atoms with van der Waals surface area (Å²) in [5.74, 6) is 0. The topological polar surface area (TPSA) is 58.5 Å². The first-order valence-corrected chi connectivity index (χ1v) is 9.22. The molecule has 0 aliphatic carbocycles. The van der Waals surface area contributed by atoms with Crippen LogP contribution in [0.3, 0.4) is 0 Å². The van der Waals surface area contributed by atoms with E-state index in [2.05, 4.69) is 5.10 Å². The molecule has 0 saturated heterocycles. The molecule has 0 saturated carbocycles. The third kappa shape index (κ3) is 4.66. The lowest BCUT2D eigenvalue weighted by molar-refractivity contribution is 0.585. The second kappa shape index (κ2) is 7.47. The van der Waals surface area contributed by atoms with Crippen LogP contribution in [0.15, 0.2) is 40.3 Å². The van der Waals surface area contributed by atoms with Crippen LogP contribution in [0.5, 0.6) is 0 Å². The summed E-state index contributed by atoms with van der Waals surface area (Å²) in [6, 6.07) is 7.07. The van der Waals surface area contributed by atoms with E-state index < -0.39 is 10.0 Å². The van der Waals surface area contributed by atoms with Crippen LogP contribution in [0.25, 0.3) is 0 Å². The summed E-state index contributed by atoms with van der Waals surface area (Å²) in [7, 11) is -4.01. The Morgan fingerprint density at radius 3 is 2.17 bits per heavy atom. The lowest BCUT2D eigenvalue weighted by Gasteiger charge is -2.07. The normalized spacial score (nSPS) is 11.9. The number of hydrazone groups is 1. The van der Waals surface area contributed by atoms with Gasteiger partial charge in [-0.05, 0) is 24.3 Å². The maximum Gasteiger partial charge on any atom is 0.278 e.